The predicted molar refractivity (Wildman–Crippen MR) is 49.0 cm³/mol. The number of ketones is 1. The number of carbonyl (C=O) groups excluding carboxylic acids is 1. The fourth-order valence-corrected chi connectivity index (χ4v) is 1.57. The highest BCUT2D eigenvalue weighted by molar-refractivity contribution is 9.10. The number of Topliss-reactive ketones (excluding diaryl/α,β-unsaturated/α-hetero) is 1. The maximum absolute atomic E-state index is 11.1. The van der Waals surface area contributed by atoms with Crippen LogP contribution in [0.15, 0.2) is 16.6 Å². The van der Waals surface area contributed by atoms with Crippen LogP contribution in [-0.2, 0) is 0 Å². The average molecular weight is 247 g/mol. The van der Waals surface area contributed by atoms with Crippen molar-refractivity contribution in [2.45, 2.75) is 0 Å². The molecule has 62 valence electrons. The molecule has 0 aromatic heterocycles. The van der Waals surface area contributed by atoms with Gasteiger partial charge in [-0.15, -0.1) is 0 Å². The van der Waals surface area contributed by atoms with E-state index in [9.17, 15) is 4.79 Å². The highest BCUT2D eigenvalue weighted by Crippen LogP contribution is 2.33. The Kier molecular flexibility index (Phi) is 1.85. The van der Waals surface area contributed by atoms with Gasteiger partial charge in [-0.05, 0) is 28.1 Å². The van der Waals surface area contributed by atoms with Crippen LogP contribution < -0.4 is 4.74 Å². The summed E-state index contributed by atoms with van der Waals surface area (Å²) in [4.78, 5) is 11.1. The van der Waals surface area contributed by atoms with Gasteiger partial charge in [-0.1, -0.05) is 11.6 Å². The molecule has 0 fully saturated rings. The first-order valence-electron chi connectivity index (χ1n) is 3.33. The first-order chi connectivity index (χ1) is 5.68. The van der Waals surface area contributed by atoms with Crippen LogP contribution in [0.4, 0.5) is 0 Å². The van der Waals surface area contributed by atoms with Gasteiger partial charge in [0.15, 0.2) is 6.61 Å². The fraction of sp³-hybridized carbons (Fsp3) is 0.125. The summed E-state index contributed by atoms with van der Waals surface area (Å²) < 4.78 is 5.86. The molecule has 12 heavy (non-hydrogen) atoms. The summed E-state index contributed by atoms with van der Waals surface area (Å²) in [5.41, 5.74) is 0.572. The van der Waals surface area contributed by atoms with Gasteiger partial charge in [-0.25, -0.2) is 0 Å². The van der Waals surface area contributed by atoms with E-state index in [4.69, 9.17) is 16.3 Å². The molecule has 2 rings (SSSR count). The second kappa shape index (κ2) is 2.75. The van der Waals surface area contributed by atoms with Crippen molar-refractivity contribution in [2.24, 2.45) is 0 Å². The third-order valence-electron chi connectivity index (χ3n) is 1.68. The van der Waals surface area contributed by atoms with Gasteiger partial charge in [0, 0.05) is 4.47 Å². The molecule has 0 radical (unpaired) electrons. The minimum atomic E-state index is -0.0144. The minimum Gasteiger partial charge on any atom is -0.485 e. The van der Waals surface area contributed by atoms with Crippen molar-refractivity contribution >= 4 is 33.3 Å². The van der Waals surface area contributed by atoms with Gasteiger partial charge in [0.05, 0.1) is 10.6 Å². The Morgan fingerprint density at radius 1 is 1.50 bits per heavy atom. The zero-order valence-corrected chi connectivity index (χ0v) is 8.28. The zero-order valence-electron chi connectivity index (χ0n) is 5.93. The second-order valence-corrected chi connectivity index (χ2v) is 3.74. The molecule has 1 aromatic carbocycles. The number of benzene rings is 1. The molecule has 0 atom stereocenters. The monoisotopic (exact) mass is 246 g/mol. The topological polar surface area (TPSA) is 26.3 Å². The lowest BCUT2D eigenvalue weighted by atomic mass is 10.1. The van der Waals surface area contributed by atoms with Gasteiger partial charge in [0.1, 0.15) is 5.75 Å². The van der Waals surface area contributed by atoms with Gasteiger partial charge in [-0.2, -0.15) is 0 Å². The lowest BCUT2D eigenvalue weighted by molar-refractivity contribution is 0.0961. The molecule has 4 heteroatoms. The van der Waals surface area contributed by atoms with Crippen molar-refractivity contribution in [2.75, 3.05) is 6.61 Å². The van der Waals surface area contributed by atoms with Crippen LogP contribution in [0, 0.1) is 0 Å². The predicted octanol–water partition coefficient (Wildman–Crippen LogP) is 2.68. The Bertz CT molecular complexity index is 362. The van der Waals surface area contributed by atoms with Crippen LogP contribution in [0.3, 0.4) is 0 Å². The molecule has 0 spiro atoms. The Balaban J connectivity index is 2.63. The van der Waals surface area contributed by atoms with Gasteiger partial charge >= 0.3 is 0 Å². The molecule has 1 aliphatic heterocycles. The number of rotatable bonds is 0. The van der Waals surface area contributed by atoms with Crippen molar-refractivity contribution in [1.29, 1.82) is 0 Å². The summed E-state index contributed by atoms with van der Waals surface area (Å²) in [6.07, 6.45) is 0. The molecule has 1 aliphatic rings. The van der Waals surface area contributed by atoms with Gasteiger partial charge in [-0.3, -0.25) is 4.79 Å². The molecular weight excluding hydrogens is 243 g/mol. The summed E-state index contributed by atoms with van der Waals surface area (Å²) in [7, 11) is 0. The molecule has 0 unspecified atom stereocenters. The summed E-state index contributed by atoms with van der Waals surface area (Å²) in [5, 5.41) is 0.535. The van der Waals surface area contributed by atoms with E-state index in [0.29, 0.717) is 16.3 Å². The van der Waals surface area contributed by atoms with E-state index in [2.05, 4.69) is 15.9 Å². The van der Waals surface area contributed by atoms with E-state index in [1.165, 1.54) is 0 Å². The molecular formula is C8H4BrClO2. The standard InChI is InChI=1S/C8H4BrClO2/c9-5-2-8-4(1-6(5)10)7(11)3-12-8/h1-2H,3H2. The molecule has 0 N–H and O–H groups in total. The fourth-order valence-electron chi connectivity index (χ4n) is 1.09. The number of ether oxygens (including phenoxy) is 1. The summed E-state index contributed by atoms with van der Waals surface area (Å²) in [6.45, 7) is 0.127. The highest BCUT2D eigenvalue weighted by Gasteiger charge is 2.22. The van der Waals surface area contributed by atoms with Gasteiger partial charge in [0.2, 0.25) is 5.78 Å². The van der Waals surface area contributed by atoms with E-state index in [-0.39, 0.29) is 12.4 Å². The summed E-state index contributed by atoms with van der Waals surface area (Å²) >= 11 is 9.05. The molecule has 0 saturated carbocycles. The summed E-state index contributed by atoms with van der Waals surface area (Å²) in [6, 6.07) is 3.33. The number of carbonyl (C=O) groups is 1. The lowest BCUT2D eigenvalue weighted by Crippen LogP contribution is -1.98. The third kappa shape index (κ3) is 1.13. The molecule has 0 bridgehead atoms. The Labute approximate surface area is 82.6 Å². The Morgan fingerprint density at radius 3 is 3.00 bits per heavy atom. The molecule has 2 nitrogen and oxygen atoms in total. The molecule has 0 aliphatic carbocycles. The molecule has 1 aromatic rings. The first kappa shape index (κ1) is 8.08. The van der Waals surface area contributed by atoms with E-state index in [1.807, 2.05) is 0 Å². The van der Waals surface area contributed by atoms with Crippen LogP contribution in [0.5, 0.6) is 5.75 Å². The highest BCUT2D eigenvalue weighted by atomic mass is 79.9. The number of fused-ring (bicyclic) bond motifs is 1. The normalized spacial score (nSPS) is 14.3. The van der Waals surface area contributed by atoms with Crippen molar-refractivity contribution in [3.8, 4) is 5.75 Å². The van der Waals surface area contributed by atoms with Crippen molar-refractivity contribution in [3.63, 3.8) is 0 Å². The quantitative estimate of drug-likeness (QED) is 0.704. The van der Waals surface area contributed by atoms with Gasteiger partial charge < -0.3 is 4.74 Å². The first-order valence-corrected chi connectivity index (χ1v) is 4.50. The average Bonchev–Trinajstić information content (AvgIpc) is 2.35. The largest absolute Gasteiger partial charge is 0.485 e. The van der Waals surface area contributed by atoms with E-state index < -0.39 is 0 Å². The minimum absolute atomic E-state index is 0.0144. The second-order valence-electron chi connectivity index (χ2n) is 2.47. The van der Waals surface area contributed by atoms with Crippen LogP contribution in [0.1, 0.15) is 10.4 Å². The number of hydrogen-bond acceptors (Lipinski definition) is 2. The van der Waals surface area contributed by atoms with Crippen molar-refractivity contribution < 1.29 is 9.53 Å². The SMILES string of the molecule is O=C1COc2cc(Br)c(Cl)cc21. The Hall–Kier alpha value is -0.540. The van der Waals surface area contributed by atoms with E-state index >= 15 is 0 Å². The molecule has 0 saturated heterocycles. The third-order valence-corrected chi connectivity index (χ3v) is 2.88. The molecule has 1 heterocycles. The smallest absolute Gasteiger partial charge is 0.203 e. The maximum atomic E-state index is 11.1. The van der Waals surface area contributed by atoms with E-state index in [0.717, 1.165) is 4.47 Å². The molecule has 0 amide bonds. The van der Waals surface area contributed by atoms with E-state index in [1.54, 1.807) is 12.1 Å². The number of hydrogen-bond donors (Lipinski definition) is 0. The number of halogens is 2. The summed E-state index contributed by atoms with van der Waals surface area (Å²) in [5.74, 6) is 0.593. The lowest BCUT2D eigenvalue weighted by Gasteiger charge is -1.99. The van der Waals surface area contributed by atoms with Crippen LogP contribution in [-0.4, -0.2) is 12.4 Å². The van der Waals surface area contributed by atoms with Crippen LogP contribution in [0.25, 0.3) is 0 Å². The Morgan fingerprint density at radius 2 is 2.25 bits per heavy atom. The maximum Gasteiger partial charge on any atom is 0.203 e. The van der Waals surface area contributed by atoms with Crippen LogP contribution >= 0.6 is 27.5 Å². The van der Waals surface area contributed by atoms with Crippen LogP contribution in [0.2, 0.25) is 5.02 Å². The van der Waals surface area contributed by atoms with Crippen molar-refractivity contribution in [1.82, 2.24) is 0 Å². The zero-order chi connectivity index (χ0) is 8.72. The van der Waals surface area contributed by atoms with Crippen molar-refractivity contribution in [3.05, 3.63) is 27.2 Å². The van der Waals surface area contributed by atoms with Gasteiger partial charge in [0.25, 0.3) is 0 Å².